The average molecular weight is 280 g/mol. The molecule has 0 radical (unpaired) electrons. The Morgan fingerprint density at radius 3 is 2.35 bits per heavy atom. The van der Waals surface area contributed by atoms with Crippen LogP contribution in [0.25, 0.3) is 0 Å². The third kappa shape index (κ3) is 4.74. The number of benzene rings is 1. The Hall–Kier alpha value is -1.75. The molecule has 0 heterocycles. The Labute approximate surface area is 120 Å². The van der Waals surface area contributed by atoms with Crippen molar-refractivity contribution in [2.24, 2.45) is 0 Å². The van der Waals surface area contributed by atoms with E-state index in [1.807, 2.05) is 27.7 Å². The third-order valence-corrected chi connectivity index (χ3v) is 2.87. The van der Waals surface area contributed by atoms with Crippen LogP contribution >= 0.6 is 0 Å². The zero-order valence-electron chi connectivity index (χ0n) is 12.7. The summed E-state index contributed by atoms with van der Waals surface area (Å²) < 4.78 is 0. The van der Waals surface area contributed by atoms with Crippen molar-refractivity contribution >= 4 is 5.91 Å². The summed E-state index contributed by atoms with van der Waals surface area (Å²) in [4.78, 5) is 12.0. The quantitative estimate of drug-likeness (QED) is 0.636. The van der Waals surface area contributed by atoms with E-state index in [4.69, 9.17) is 0 Å². The molecule has 0 aromatic heterocycles. The molecular weight excluding hydrogens is 256 g/mol. The van der Waals surface area contributed by atoms with Gasteiger partial charge in [-0.25, -0.2) is 0 Å². The molecule has 0 saturated heterocycles. The maximum atomic E-state index is 12.0. The molecule has 5 nitrogen and oxygen atoms in total. The van der Waals surface area contributed by atoms with Gasteiger partial charge in [0.1, 0.15) is 11.5 Å². The Balaban J connectivity index is 2.72. The Kier molecular flexibility index (Phi) is 5.00. The molecule has 0 bridgehead atoms. The van der Waals surface area contributed by atoms with Gasteiger partial charge in [-0.1, -0.05) is 0 Å². The summed E-state index contributed by atoms with van der Waals surface area (Å²) in [5.74, 6) is 0.0634. The van der Waals surface area contributed by atoms with Crippen molar-refractivity contribution in [3.63, 3.8) is 0 Å². The second-order valence-electron chi connectivity index (χ2n) is 6.09. The molecule has 0 aliphatic rings. The van der Waals surface area contributed by atoms with Gasteiger partial charge in [-0.05, 0) is 52.8 Å². The van der Waals surface area contributed by atoms with E-state index < -0.39 is 6.04 Å². The van der Waals surface area contributed by atoms with E-state index in [0.29, 0.717) is 5.56 Å². The van der Waals surface area contributed by atoms with Gasteiger partial charge in [-0.3, -0.25) is 10.1 Å². The van der Waals surface area contributed by atoms with Crippen LogP contribution in [0.4, 0.5) is 0 Å². The van der Waals surface area contributed by atoms with Crippen molar-refractivity contribution in [1.29, 1.82) is 0 Å². The second kappa shape index (κ2) is 6.13. The largest absolute Gasteiger partial charge is 0.508 e. The van der Waals surface area contributed by atoms with E-state index in [-0.39, 0.29) is 29.0 Å². The SMILES string of the molecule is CC(NC(C)c1cc(O)ccc1O)C(=O)NC(C)(C)C. The lowest BCUT2D eigenvalue weighted by Crippen LogP contribution is -2.49. The Bertz CT molecular complexity index is 480. The Morgan fingerprint density at radius 2 is 1.80 bits per heavy atom. The summed E-state index contributed by atoms with van der Waals surface area (Å²) in [6.07, 6.45) is 0. The van der Waals surface area contributed by atoms with Gasteiger partial charge < -0.3 is 15.5 Å². The molecular formula is C15H24N2O3. The van der Waals surface area contributed by atoms with Crippen LogP contribution in [0.5, 0.6) is 11.5 Å². The summed E-state index contributed by atoms with van der Waals surface area (Å²) in [6, 6.07) is 3.67. The van der Waals surface area contributed by atoms with Crippen LogP contribution in [-0.2, 0) is 4.79 Å². The minimum Gasteiger partial charge on any atom is -0.508 e. The highest BCUT2D eigenvalue weighted by atomic mass is 16.3. The molecule has 2 atom stereocenters. The number of amides is 1. The average Bonchev–Trinajstić information content (AvgIpc) is 2.29. The lowest BCUT2D eigenvalue weighted by molar-refractivity contribution is -0.124. The minimum absolute atomic E-state index is 0.0817. The van der Waals surface area contributed by atoms with Gasteiger partial charge in [-0.2, -0.15) is 0 Å². The van der Waals surface area contributed by atoms with E-state index in [0.717, 1.165) is 0 Å². The Morgan fingerprint density at radius 1 is 1.20 bits per heavy atom. The number of hydrogen-bond acceptors (Lipinski definition) is 4. The first-order chi connectivity index (χ1) is 9.10. The fourth-order valence-corrected chi connectivity index (χ4v) is 1.91. The van der Waals surface area contributed by atoms with Crippen LogP contribution in [0.2, 0.25) is 0 Å². The summed E-state index contributed by atoms with van der Waals surface area (Å²) in [7, 11) is 0. The highest BCUT2D eigenvalue weighted by molar-refractivity contribution is 5.82. The first-order valence-corrected chi connectivity index (χ1v) is 6.70. The van der Waals surface area contributed by atoms with Crippen LogP contribution in [0, 0.1) is 0 Å². The van der Waals surface area contributed by atoms with Crippen LogP contribution < -0.4 is 10.6 Å². The highest BCUT2D eigenvalue weighted by Gasteiger charge is 2.21. The van der Waals surface area contributed by atoms with Gasteiger partial charge in [-0.15, -0.1) is 0 Å². The molecule has 1 amide bonds. The lowest BCUT2D eigenvalue weighted by atomic mass is 10.0. The minimum atomic E-state index is -0.411. The standard InChI is InChI=1S/C15H24N2O3/c1-9(12-8-11(18)6-7-13(12)19)16-10(2)14(20)17-15(3,4)5/h6-10,16,18-19H,1-5H3,(H,17,20). The monoisotopic (exact) mass is 280 g/mol. The summed E-state index contributed by atoms with van der Waals surface area (Å²) in [5.41, 5.74) is 0.268. The van der Waals surface area contributed by atoms with Crippen LogP contribution in [0.3, 0.4) is 0 Å². The highest BCUT2D eigenvalue weighted by Crippen LogP contribution is 2.27. The molecule has 0 fully saturated rings. The predicted molar refractivity (Wildman–Crippen MR) is 78.7 cm³/mol. The zero-order chi connectivity index (χ0) is 15.5. The lowest BCUT2D eigenvalue weighted by Gasteiger charge is -2.26. The molecule has 0 aliphatic carbocycles. The fraction of sp³-hybridized carbons (Fsp3) is 0.533. The van der Waals surface area contributed by atoms with Crippen LogP contribution in [0.1, 0.15) is 46.2 Å². The van der Waals surface area contributed by atoms with Crippen molar-refractivity contribution in [1.82, 2.24) is 10.6 Å². The summed E-state index contributed by atoms with van der Waals surface area (Å²) in [5, 5.41) is 25.2. The molecule has 4 N–H and O–H groups in total. The molecule has 1 aromatic carbocycles. The normalized spacial score (nSPS) is 14.7. The van der Waals surface area contributed by atoms with Gasteiger partial charge in [0.25, 0.3) is 0 Å². The number of aromatic hydroxyl groups is 2. The molecule has 1 rings (SSSR count). The third-order valence-electron chi connectivity index (χ3n) is 2.87. The molecule has 2 unspecified atom stereocenters. The molecule has 1 aromatic rings. The summed E-state index contributed by atoms with van der Waals surface area (Å²) >= 11 is 0. The van der Waals surface area contributed by atoms with Gasteiger partial charge in [0.05, 0.1) is 6.04 Å². The first-order valence-electron chi connectivity index (χ1n) is 6.70. The van der Waals surface area contributed by atoms with E-state index in [9.17, 15) is 15.0 Å². The predicted octanol–water partition coefficient (Wildman–Crippen LogP) is 2.05. The number of phenolic OH excluding ortho intramolecular Hbond substituents is 2. The maximum Gasteiger partial charge on any atom is 0.237 e. The van der Waals surface area contributed by atoms with Crippen LogP contribution in [0.15, 0.2) is 18.2 Å². The maximum absolute atomic E-state index is 12.0. The van der Waals surface area contributed by atoms with Gasteiger partial charge in [0.15, 0.2) is 0 Å². The van der Waals surface area contributed by atoms with Gasteiger partial charge in [0, 0.05) is 17.1 Å². The van der Waals surface area contributed by atoms with Crippen molar-refractivity contribution in [3.05, 3.63) is 23.8 Å². The molecule has 0 spiro atoms. The van der Waals surface area contributed by atoms with Gasteiger partial charge >= 0.3 is 0 Å². The van der Waals surface area contributed by atoms with Crippen molar-refractivity contribution in [2.45, 2.75) is 52.2 Å². The number of hydrogen-bond donors (Lipinski definition) is 4. The molecule has 112 valence electrons. The molecule has 0 saturated carbocycles. The molecule has 5 heteroatoms. The van der Waals surface area contributed by atoms with Crippen molar-refractivity contribution < 1.29 is 15.0 Å². The number of phenols is 2. The molecule has 20 heavy (non-hydrogen) atoms. The molecule has 0 aliphatic heterocycles. The topological polar surface area (TPSA) is 81.6 Å². The number of rotatable bonds is 4. The van der Waals surface area contributed by atoms with E-state index in [2.05, 4.69) is 10.6 Å². The first kappa shape index (κ1) is 16.3. The van der Waals surface area contributed by atoms with Crippen LogP contribution in [-0.4, -0.2) is 27.7 Å². The van der Waals surface area contributed by atoms with Crippen molar-refractivity contribution in [2.75, 3.05) is 0 Å². The van der Waals surface area contributed by atoms with E-state index in [1.165, 1.54) is 18.2 Å². The number of carbonyl (C=O) groups excluding carboxylic acids is 1. The second-order valence-corrected chi connectivity index (χ2v) is 6.09. The fourth-order valence-electron chi connectivity index (χ4n) is 1.91. The van der Waals surface area contributed by atoms with E-state index in [1.54, 1.807) is 6.92 Å². The summed E-state index contributed by atoms with van der Waals surface area (Å²) in [6.45, 7) is 9.35. The number of nitrogens with one attached hydrogen (secondary N) is 2. The smallest absolute Gasteiger partial charge is 0.237 e. The number of carbonyl (C=O) groups is 1. The van der Waals surface area contributed by atoms with Crippen molar-refractivity contribution in [3.8, 4) is 11.5 Å². The zero-order valence-corrected chi connectivity index (χ0v) is 12.7. The van der Waals surface area contributed by atoms with E-state index >= 15 is 0 Å². The van der Waals surface area contributed by atoms with Gasteiger partial charge in [0.2, 0.25) is 5.91 Å².